The van der Waals surface area contributed by atoms with Gasteiger partial charge >= 0.3 is 0 Å². The van der Waals surface area contributed by atoms with Crippen molar-refractivity contribution >= 4 is 44.4 Å². The molecule has 574 valence electrons. The van der Waals surface area contributed by atoms with Crippen molar-refractivity contribution in [3.8, 4) is 39.4 Å². The summed E-state index contributed by atoms with van der Waals surface area (Å²) in [6.07, 6.45) is 23.0. The van der Waals surface area contributed by atoms with Crippen molar-refractivity contribution in [3.05, 3.63) is 114 Å². The number of hydrogen-bond acceptors (Lipinski definition) is 24. The quantitative estimate of drug-likeness (QED) is 0.0311. The Morgan fingerprint density at radius 3 is 1.45 bits per heavy atom. The second kappa shape index (κ2) is 34.6. The molecule has 0 amide bonds. The van der Waals surface area contributed by atoms with E-state index in [0.29, 0.717) is 55.4 Å². The first kappa shape index (κ1) is 77.0. The average molecular weight is 1490 g/mol. The number of nitriles is 1. The van der Waals surface area contributed by atoms with Crippen molar-refractivity contribution < 1.29 is 42.7 Å². The Morgan fingerprint density at radius 2 is 1.04 bits per heavy atom. The number of likely N-dealkylation sites (N-methyl/N-ethyl adjacent to an activating group) is 1. The zero-order valence-electron chi connectivity index (χ0n) is 63.0. The number of sulfonamides is 1. The molecule has 9 aromatic rings. The number of methoxy groups -OCH3 is 3. The number of aromatic nitrogens is 13. The maximum absolute atomic E-state index is 12.4. The Hall–Kier alpha value is -8.19. The van der Waals surface area contributed by atoms with Gasteiger partial charge in [0, 0.05) is 178 Å². The summed E-state index contributed by atoms with van der Waals surface area (Å²) in [6.45, 7) is 16.6. The maximum atomic E-state index is 12.4. The van der Waals surface area contributed by atoms with Crippen molar-refractivity contribution in [3.63, 3.8) is 0 Å². The van der Waals surface area contributed by atoms with Crippen molar-refractivity contribution in [2.45, 2.75) is 183 Å². The summed E-state index contributed by atoms with van der Waals surface area (Å²) in [5, 5.41) is 68.8. The van der Waals surface area contributed by atoms with Crippen molar-refractivity contribution in [1.82, 2.24) is 77.6 Å². The summed E-state index contributed by atoms with van der Waals surface area (Å²) < 4.78 is 55.0. The van der Waals surface area contributed by atoms with Crippen LogP contribution in [0.3, 0.4) is 0 Å². The number of anilines is 3. The molecule has 0 spiro atoms. The lowest BCUT2D eigenvalue weighted by atomic mass is 9.85. The predicted molar refractivity (Wildman–Crippen MR) is 409 cm³/mol. The highest BCUT2D eigenvalue weighted by molar-refractivity contribution is 7.89. The van der Waals surface area contributed by atoms with Gasteiger partial charge in [-0.05, 0) is 154 Å². The van der Waals surface area contributed by atoms with Gasteiger partial charge in [-0.1, -0.05) is 6.07 Å². The van der Waals surface area contributed by atoms with E-state index in [2.05, 4.69) is 113 Å². The average Bonchev–Trinajstić information content (AvgIpc) is 1.72. The van der Waals surface area contributed by atoms with Crippen LogP contribution in [0.25, 0.3) is 49.9 Å². The molecule has 6 N–H and O–H groups in total. The molecule has 0 radical (unpaired) electrons. The normalized spacial score (nSPS) is 22.5. The Kier molecular flexibility index (Phi) is 24.9. The van der Waals surface area contributed by atoms with Crippen LogP contribution in [0, 0.1) is 11.3 Å². The minimum atomic E-state index is -3.33. The number of nitrogens with one attached hydrogen (secondary N) is 3. The molecule has 3 saturated heterocycles. The highest BCUT2D eigenvalue weighted by Crippen LogP contribution is 2.43. The maximum Gasteiger partial charge on any atom is 0.241 e. The van der Waals surface area contributed by atoms with Crippen LogP contribution in [0.2, 0.25) is 0 Å². The SMILES string of the molecule is CCS(=O)(=O)N1CC(CC#N)(n2cc(-c3cc(C4CCC(O)CC4)n4nc(N[C@@H](C)COC)ncc34)cn2)C1.COC[C@H](C)Nc1ncc2c(-c3ccc(CN4CCN(C)CC4)nc3)cc(C3CCC(O)CC3)n2n1.COC[C@H](C)Nc1ncc2c(-c3ccnc(C4COC4)c3)cc(C3CCC(O)CC3)n2n1. The molecule has 6 fully saturated rings. The summed E-state index contributed by atoms with van der Waals surface area (Å²) in [4.78, 5) is 28.0. The smallest absolute Gasteiger partial charge is 0.241 e. The molecule has 3 aliphatic carbocycles. The molecule has 0 unspecified atom stereocenters. The number of pyridine rings is 2. The third kappa shape index (κ3) is 17.9. The summed E-state index contributed by atoms with van der Waals surface area (Å²) in [5.41, 5.74) is 13.9. The molecule has 9 aromatic heterocycles. The number of aliphatic hydroxyl groups is 3. The van der Waals surface area contributed by atoms with Gasteiger partial charge < -0.3 is 55.1 Å². The van der Waals surface area contributed by atoms with Gasteiger partial charge in [-0.25, -0.2) is 36.9 Å². The molecule has 0 aromatic carbocycles. The van der Waals surface area contributed by atoms with Gasteiger partial charge in [-0.3, -0.25) is 19.5 Å². The molecule has 3 saturated carbocycles. The lowest BCUT2D eigenvalue weighted by molar-refractivity contribution is 0.00673. The monoisotopic (exact) mass is 1490 g/mol. The molecular formula is C77H106N20O9S. The second-order valence-electron chi connectivity index (χ2n) is 30.3. The summed E-state index contributed by atoms with van der Waals surface area (Å²) in [6, 6.07) is 17.6. The molecule has 6 aliphatic rings. The lowest BCUT2D eigenvalue weighted by Gasteiger charge is -2.47. The molecule has 0 bridgehead atoms. The van der Waals surface area contributed by atoms with Crippen LogP contribution in [0.5, 0.6) is 0 Å². The molecule has 12 heterocycles. The first-order chi connectivity index (χ1) is 51.8. The van der Waals surface area contributed by atoms with Gasteiger partial charge in [-0.2, -0.15) is 14.7 Å². The van der Waals surface area contributed by atoms with Crippen molar-refractivity contribution in [1.29, 1.82) is 5.26 Å². The number of hydrogen-bond donors (Lipinski definition) is 6. The Labute approximate surface area is 626 Å². The summed E-state index contributed by atoms with van der Waals surface area (Å²) in [5.74, 6) is 3.04. The van der Waals surface area contributed by atoms with Crippen LogP contribution in [0.4, 0.5) is 17.8 Å². The van der Waals surface area contributed by atoms with E-state index in [1.807, 2.05) is 58.4 Å². The molecule has 107 heavy (non-hydrogen) atoms. The third-order valence-electron chi connectivity index (χ3n) is 22.1. The number of fused-ring (bicyclic) bond motifs is 3. The standard InChI is InChI=1S/C27H39N7O2.C26H36N8O4S.C24H31N5O3/c1-19(18-36-3)30-27-29-16-26-24(14-25(34(26)31-27)20-5-8-23(35)9-6-20)21-4-7-22(28-15-21)17-33-12-10-32(2)11-13-33;1-4-39(36,37)32-16-26(17-32,9-10-27)33-14-20(12-29-33)22-11-23(19-5-7-21(35)8-6-19)34-24(22)13-28-25(31-34)30-18(2)15-38-3;1-15(12-31-2)27-24-26-11-23-20(17-7-8-25-21(9-17)18-13-32-14-18)10-22(29(23)28-24)16-3-5-19(30)6-4-16/h4,7,14-16,19-20,23,35H,5-6,8-13,17-18H2,1-3H3,(H,30,31);11-14,18-19,21,35H,4-9,15-17H2,1-3H3,(H,30,31);7-11,15-16,18-19,30H,3-6,12-14H2,1-2H3,(H,27,28)/t19-,20?,23?;18-,19?,21?;15-,16?,19?/m000/s1. The Bertz CT molecular complexity index is 4580. The second-order valence-corrected chi connectivity index (χ2v) is 32.6. The van der Waals surface area contributed by atoms with E-state index in [-0.39, 0.29) is 67.6 Å². The molecule has 3 atom stereocenters. The van der Waals surface area contributed by atoms with Gasteiger partial charge in [0.05, 0.1) is 117 Å². The van der Waals surface area contributed by atoms with Gasteiger partial charge in [0.15, 0.2) is 0 Å². The van der Waals surface area contributed by atoms with E-state index in [9.17, 15) is 29.0 Å². The minimum absolute atomic E-state index is 0.0266. The van der Waals surface area contributed by atoms with E-state index in [1.54, 1.807) is 45.3 Å². The highest BCUT2D eigenvalue weighted by Gasteiger charge is 2.50. The molecule has 15 rings (SSSR count). The number of ether oxygens (including phenoxy) is 4. The van der Waals surface area contributed by atoms with Crippen molar-refractivity contribution in [2.24, 2.45) is 0 Å². The molecule has 3 aliphatic heterocycles. The highest BCUT2D eigenvalue weighted by atomic mass is 32.2. The van der Waals surface area contributed by atoms with Gasteiger partial charge in [0.25, 0.3) is 0 Å². The van der Waals surface area contributed by atoms with Crippen LogP contribution in [0.15, 0.2) is 85.8 Å². The Balaban J connectivity index is 0.000000142. The van der Waals surface area contributed by atoms with Crippen molar-refractivity contribution in [2.75, 3.05) is 122 Å². The van der Waals surface area contributed by atoms with Crippen LogP contribution in [-0.4, -0.2) is 244 Å². The van der Waals surface area contributed by atoms with Gasteiger partial charge in [-0.15, -0.1) is 15.3 Å². The third-order valence-corrected chi connectivity index (χ3v) is 23.9. The fraction of sp³-hybridized carbons (Fsp3) is 0.584. The van der Waals surface area contributed by atoms with E-state index < -0.39 is 15.6 Å². The van der Waals surface area contributed by atoms with Crippen LogP contribution in [-0.2, 0) is 41.1 Å². The van der Waals surface area contributed by atoms with E-state index in [4.69, 9.17) is 39.2 Å². The van der Waals surface area contributed by atoms with Gasteiger partial charge in [0.2, 0.25) is 27.9 Å². The largest absolute Gasteiger partial charge is 0.393 e. The number of aliphatic hydroxyl groups excluding tert-OH is 3. The Morgan fingerprint density at radius 1 is 0.579 bits per heavy atom. The lowest BCUT2D eigenvalue weighted by Crippen LogP contribution is -2.64. The first-order valence-electron chi connectivity index (χ1n) is 38.1. The van der Waals surface area contributed by atoms with Crippen LogP contribution in [0.1, 0.15) is 163 Å². The predicted octanol–water partition coefficient (Wildman–Crippen LogP) is 8.71. The fourth-order valence-electron chi connectivity index (χ4n) is 15.8. The van der Waals surface area contributed by atoms with E-state index in [0.717, 1.165) is 190 Å². The van der Waals surface area contributed by atoms with Crippen LogP contribution < -0.4 is 16.0 Å². The molecular weight excluding hydrogens is 1380 g/mol. The van der Waals surface area contributed by atoms with E-state index in [1.165, 1.54) is 15.7 Å². The summed E-state index contributed by atoms with van der Waals surface area (Å²) >= 11 is 0. The zero-order valence-corrected chi connectivity index (χ0v) is 63.9. The molecule has 30 heteroatoms. The number of piperazine rings is 1. The minimum Gasteiger partial charge on any atom is -0.393 e. The van der Waals surface area contributed by atoms with E-state index >= 15 is 0 Å². The van der Waals surface area contributed by atoms with Crippen LogP contribution >= 0.6 is 0 Å². The van der Waals surface area contributed by atoms with Gasteiger partial charge in [0.1, 0.15) is 5.54 Å². The summed E-state index contributed by atoms with van der Waals surface area (Å²) in [7, 11) is 3.89. The molecule has 29 nitrogen and oxygen atoms in total. The zero-order chi connectivity index (χ0) is 74.9. The topological polar surface area (TPSA) is 336 Å². The number of rotatable bonds is 25. The fourth-order valence-corrected chi connectivity index (χ4v) is 17.1. The first-order valence-corrected chi connectivity index (χ1v) is 39.7. The number of nitrogens with zero attached hydrogens (tertiary/aromatic N) is 17.